The summed E-state index contributed by atoms with van der Waals surface area (Å²) in [6.45, 7) is 0. The molecule has 9 heteroatoms. The van der Waals surface area contributed by atoms with Crippen LogP contribution in [0.1, 0.15) is 11.1 Å². The van der Waals surface area contributed by atoms with Crippen molar-refractivity contribution in [1.29, 1.82) is 5.26 Å². The average Bonchev–Trinajstić information content (AvgIpc) is 2.61. The SMILES string of the molecule is N#Cc1cc(C(F)(F)F)ccc1NC1CS(=O)(=O)CC1O. The normalized spacial score (nSPS) is 24.5. The fourth-order valence-corrected chi connectivity index (χ4v) is 3.85. The van der Waals surface area contributed by atoms with Crippen LogP contribution >= 0.6 is 0 Å². The molecule has 2 atom stereocenters. The number of anilines is 1. The molecule has 21 heavy (non-hydrogen) atoms. The predicted octanol–water partition coefficient (Wildman–Crippen LogP) is 1.15. The lowest BCUT2D eigenvalue weighted by molar-refractivity contribution is -0.137. The Morgan fingerprint density at radius 1 is 1.33 bits per heavy atom. The van der Waals surface area contributed by atoms with E-state index >= 15 is 0 Å². The molecule has 114 valence electrons. The molecule has 1 aliphatic heterocycles. The van der Waals surface area contributed by atoms with E-state index in [9.17, 15) is 26.7 Å². The topological polar surface area (TPSA) is 90.2 Å². The van der Waals surface area contributed by atoms with Crippen LogP contribution in [0.25, 0.3) is 0 Å². The summed E-state index contributed by atoms with van der Waals surface area (Å²) in [6.07, 6.45) is -5.73. The van der Waals surface area contributed by atoms with Crippen LogP contribution in [-0.2, 0) is 16.0 Å². The highest BCUT2D eigenvalue weighted by Gasteiger charge is 2.37. The molecule has 0 aliphatic carbocycles. The zero-order valence-electron chi connectivity index (χ0n) is 10.6. The number of halogens is 3. The largest absolute Gasteiger partial charge is 0.416 e. The van der Waals surface area contributed by atoms with E-state index in [2.05, 4.69) is 5.32 Å². The highest BCUT2D eigenvalue weighted by Crippen LogP contribution is 2.32. The molecule has 2 unspecified atom stereocenters. The Labute approximate surface area is 118 Å². The van der Waals surface area contributed by atoms with Crippen molar-refractivity contribution in [3.8, 4) is 6.07 Å². The second kappa shape index (κ2) is 5.20. The van der Waals surface area contributed by atoms with Gasteiger partial charge in [0.15, 0.2) is 9.84 Å². The molecule has 5 nitrogen and oxygen atoms in total. The number of nitrogens with zero attached hydrogens (tertiary/aromatic N) is 1. The number of nitrogens with one attached hydrogen (secondary N) is 1. The maximum Gasteiger partial charge on any atom is 0.416 e. The molecule has 1 aliphatic rings. The Bertz CT molecular complexity index is 695. The number of rotatable bonds is 2. The van der Waals surface area contributed by atoms with Gasteiger partial charge < -0.3 is 10.4 Å². The number of sulfone groups is 1. The standard InChI is InChI=1S/C12H11F3N2O3S/c13-12(14,15)8-1-2-9(7(3-8)4-16)17-10-5-21(19,20)6-11(10)18/h1-3,10-11,17-18H,5-6H2. The molecule has 0 saturated carbocycles. The van der Waals surface area contributed by atoms with E-state index in [0.29, 0.717) is 6.07 Å². The molecular formula is C12H11F3N2O3S. The Balaban J connectivity index is 2.28. The van der Waals surface area contributed by atoms with E-state index in [1.807, 2.05) is 0 Å². The smallest absolute Gasteiger partial charge is 0.390 e. The third-order valence-corrected chi connectivity index (χ3v) is 4.85. The van der Waals surface area contributed by atoms with Gasteiger partial charge in [0.2, 0.25) is 0 Å². The van der Waals surface area contributed by atoms with Crippen molar-refractivity contribution in [1.82, 2.24) is 0 Å². The minimum atomic E-state index is -4.57. The predicted molar refractivity (Wildman–Crippen MR) is 68.2 cm³/mol. The minimum Gasteiger partial charge on any atom is -0.390 e. The monoisotopic (exact) mass is 320 g/mol. The van der Waals surface area contributed by atoms with Crippen molar-refractivity contribution in [2.24, 2.45) is 0 Å². The van der Waals surface area contributed by atoms with Gasteiger partial charge in [0.1, 0.15) is 6.07 Å². The first-order chi connectivity index (χ1) is 9.62. The van der Waals surface area contributed by atoms with Crippen LogP contribution < -0.4 is 5.32 Å². The molecule has 1 fully saturated rings. The lowest BCUT2D eigenvalue weighted by Crippen LogP contribution is -2.32. The molecule has 0 bridgehead atoms. The second-order valence-corrected chi connectivity index (χ2v) is 6.92. The molecule has 2 rings (SSSR count). The lowest BCUT2D eigenvalue weighted by Gasteiger charge is -2.18. The molecule has 0 spiro atoms. The van der Waals surface area contributed by atoms with Gasteiger partial charge in [0, 0.05) is 0 Å². The summed E-state index contributed by atoms with van der Waals surface area (Å²) in [4.78, 5) is 0. The van der Waals surface area contributed by atoms with Gasteiger partial charge in [-0.1, -0.05) is 0 Å². The molecule has 0 radical (unpaired) electrons. The van der Waals surface area contributed by atoms with Crippen LogP contribution in [-0.4, -0.2) is 37.2 Å². The van der Waals surface area contributed by atoms with E-state index in [4.69, 9.17) is 5.26 Å². The quantitative estimate of drug-likeness (QED) is 0.853. The van der Waals surface area contributed by atoms with Crippen molar-refractivity contribution in [3.63, 3.8) is 0 Å². The number of alkyl halides is 3. The third-order valence-electron chi connectivity index (χ3n) is 3.13. The second-order valence-electron chi connectivity index (χ2n) is 4.77. The summed E-state index contributed by atoms with van der Waals surface area (Å²) in [7, 11) is -3.39. The Morgan fingerprint density at radius 2 is 2.00 bits per heavy atom. The zero-order chi connectivity index (χ0) is 15.8. The van der Waals surface area contributed by atoms with Crippen LogP contribution in [0, 0.1) is 11.3 Å². The van der Waals surface area contributed by atoms with E-state index in [1.54, 1.807) is 6.07 Å². The fourth-order valence-electron chi connectivity index (χ4n) is 2.11. The lowest BCUT2D eigenvalue weighted by atomic mass is 10.1. The van der Waals surface area contributed by atoms with Crippen molar-refractivity contribution >= 4 is 15.5 Å². The van der Waals surface area contributed by atoms with Gasteiger partial charge in [-0.15, -0.1) is 0 Å². The summed E-state index contributed by atoms with van der Waals surface area (Å²) < 4.78 is 60.4. The van der Waals surface area contributed by atoms with E-state index < -0.39 is 39.5 Å². The number of hydrogen-bond donors (Lipinski definition) is 2. The van der Waals surface area contributed by atoms with Gasteiger partial charge in [-0.2, -0.15) is 18.4 Å². The van der Waals surface area contributed by atoms with Crippen LogP contribution in [0.3, 0.4) is 0 Å². The average molecular weight is 320 g/mol. The number of aliphatic hydroxyl groups excluding tert-OH is 1. The van der Waals surface area contributed by atoms with Gasteiger partial charge in [0.25, 0.3) is 0 Å². The van der Waals surface area contributed by atoms with Crippen molar-refractivity contribution in [2.75, 3.05) is 16.8 Å². The summed E-state index contributed by atoms with van der Waals surface area (Å²) >= 11 is 0. The third kappa shape index (κ3) is 3.46. The van der Waals surface area contributed by atoms with Crippen molar-refractivity contribution in [2.45, 2.75) is 18.3 Å². The van der Waals surface area contributed by atoms with Gasteiger partial charge in [-0.05, 0) is 18.2 Å². The molecule has 1 aromatic rings. The molecule has 0 aromatic heterocycles. The van der Waals surface area contributed by atoms with E-state index in [-0.39, 0.29) is 17.0 Å². The Kier molecular flexibility index (Phi) is 3.86. The van der Waals surface area contributed by atoms with Gasteiger partial charge in [-0.3, -0.25) is 0 Å². The first kappa shape index (κ1) is 15.6. The van der Waals surface area contributed by atoms with Gasteiger partial charge >= 0.3 is 6.18 Å². The van der Waals surface area contributed by atoms with Crippen molar-refractivity contribution in [3.05, 3.63) is 29.3 Å². The van der Waals surface area contributed by atoms with Crippen LogP contribution in [0.4, 0.5) is 18.9 Å². The maximum absolute atomic E-state index is 12.6. The summed E-state index contributed by atoms with van der Waals surface area (Å²) in [6, 6.07) is 3.30. The molecule has 1 heterocycles. The Morgan fingerprint density at radius 3 is 2.48 bits per heavy atom. The number of hydrogen-bond acceptors (Lipinski definition) is 5. The minimum absolute atomic E-state index is 0.0617. The summed E-state index contributed by atoms with van der Waals surface area (Å²) in [5, 5.41) is 21.2. The van der Waals surface area contributed by atoms with Crippen LogP contribution in [0.2, 0.25) is 0 Å². The van der Waals surface area contributed by atoms with Crippen LogP contribution in [0.5, 0.6) is 0 Å². The first-order valence-electron chi connectivity index (χ1n) is 5.89. The van der Waals surface area contributed by atoms with Gasteiger partial charge in [-0.25, -0.2) is 8.42 Å². The molecule has 2 N–H and O–H groups in total. The first-order valence-corrected chi connectivity index (χ1v) is 7.71. The van der Waals surface area contributed by atoms with Gasteiger partial charge in [0.05, 0.1) is 40.5 Å². The van der Waals surface area contributed by atoms with E-state index in [0.717, 1.165) is 12.1 Å². The fraction of sp³-hybridized carbons (Fsp3) is 0.417. The van der Waals surface area contributed by atoms with E-state index in [1.165, 1.54) is 0 Å². The summed E-state index contributed by atoms with van der Waals surface area (Å²) in [5.74, 6) is -0.743. The van der Waals surface area contributed by atoms with Crippen molar-refractivity contribution < 1.29 is 26.7 Å². The number of aliphatic hydroxyl groups is 1. The highest BCUT2D eigenvalue weighted by molar-refractivity contribution is 7.91. The molecule has 1 aromatic carbocycles. The maximum atomic E-state index is 12.6. The number of benzene rings is 1. The Hall–Kier alpha value is -1.79. The molecule has 1 saturated heterocycles. The van der Waals surface area contributed by atoms with Crippen LogP contribution in [0.15, 0.2) is 18.2 Å². The highest BCUT2D eigenvalue weighted by atomic mass is 32.2. The summed E-state index contributed by atoms with van der Waals surface area (Å²) in [5.41, 5.74) is -1.17. The number of nitriles is 1. The molecular weight excluding hydrogens is 309 g/mol. The molecule has 0 amide bonds. The zero-order valence-corrected chi connectivity index (χ0v) is 11.4.